The van der Waals surface area contributed by atoms with Gasteiger partial charge in [0.05, 0.1) is 0 Å². The Balaban J connectivity index is 3.06. The number of unbranched alkanes of at least 4 members (excludes halogenated alkanes) is 26. The number of carbonyl (C=O) groups excluding carboxylic acids is 1. The molecule has 0 radical (unpaired) electrons. The summed E-state index contributed by atoms with van der Waals surface area (Å²) in [6, 6.07) is 0. The van der Waals surface area contributed by atoms with Crippen LogP contribution in [-0.4, -0.2) is 5.78 Å². The maximum atomic E-state index is 11.7. The van der Waals surface area contributed by atoms with Crippen LogP contribution in [0.2, 0.25) is 0 Å². The van der Waals surface area contributed by atoms with Crippen LogP contribution in [-0.2, 0) is 4.79 Å². The van der Waals surface area contributed by atoms with Crippen LogP contribution in [0.15, 0.2) is 0 Å². The van der Waals surface area contributed by atoms with E-state index in [2.05, 4.69) is 13.8 Å². The predicted molar refractivity (Wildman–Crippen MR) is 155 cm³/mol. The van der Waals surface area contributed by atoms with Crippen molar-refractivity contribution in [2.45, 2.75) is 206 Å². The van der Waals surface area contributed by atoms with Gasteiger partial charge >= 0.3 is 0 Å². The van der Waals surface area contributed by atoms with Crippen molar-refractivity contribution in [1.82, 2.24) is 0 Å². The normalized spacial score (nSPS) is 11.4. The van der Waals surface area contributed by atoms with Gasteiger partial charge in [-0.15, -0.1) is 0 Å². The molecule has 0 bridgehead atoms. The van der Waals surface area contributed by atoms with Gasteiger partial charge in [0.2, 0.25) is 0 Å². The maximum absolute atomic E-state index is 11.7. The minimum atomic E-state index is 0.502. The molecule has 0 aliphatic rings. The average molecular weight is 479 g/mol. The number of hydrogen-bond acceptors (Lipinski definition) is 1. The van der Waals surface area contributed by atoms with E-state index >= 15 is 0 Å². The fourth-order valence-electron chi connectivity index (χ4n) is 5.16. The van der Waals surface area contributed by atoms with Crippen LogP contribution in [0.5, 0.6) is 0 Å². The van der Waals surface area contributed by atoms with E-state index in [0.717, 1.165) is 25.7 Å². The second kappa shape index (κ2) is 30.7. The van der Waals surface area contributed by atoms with Gasteiger partial charge in [-0.2, -0.15) is 0 Å². The number of Topliss-reactive ketones (excluding diaryl/α,β-unsaturated/α-hetero) is 1. The van der Waals surface area contributed by atoms with Crippen LogP contribution >= 0.6 is 0 Å². The molecule has 0 fully saturated rings. The first-order valence-corrected chi connectivity index (χ1v) is 16.3. The van der Waals surface area contributed by atoms with E-state index in [0.29, 0.717) is 5.78 Å². The lowest BCUT2D eigenvalue weighted by atomic mass is 10.0. The summed E-state index contributed by atoms with van der Waals surface area (Å²) in [6.07, 6.45) is 40.9. The van der Waals surface area contributed by atoms with Gasteiger partial charge < -0.3 is 0 Å². The molecular formula is C33H66O. The highest BCUT2D eigenvalue weighted by Gasteiger charge is 2.01. The van der Waals surface area contributed by atoms with Gasteiger partial charge in [0, 0.05) is 12.8 Å². The third-order valence-corrected chi connectivity index (χ3v) is 7.62. The fourth-order valence-corrected chi connectivity index (χ4v) is 5.16. The predicted octanol–water partition coefficient (Wildman–Crippen LogP) is 12.3. The Morgan fingerprint density at radius 2 is 0.471 bits per heavy atom. The molecule has 0 aliphatic carbocycles. The SMILES string of the molecule is CCCCCCCCCCCCCCCCCCCCCCCCCCCC(=O)CCCCC. The third kappa shape index (κ3) is 29.7. The summed E-state index contributed by atoms with van der Waals surface area (Å²) in [5, 5.41) is 0. The van der Waals surface area contributed by atoms with Crippen molar-refractivity contribution >= 4 is 5.78 Å². The third-order valence-electron chi connectivity index (χ3n) is 7.62. The summed E-state index contributed by atoms with van der Waals surface area (Å²) in [5.41, 5.74) is 0. The van der Waals surface area contributed by atoms with Crippen molar-refractivity contribution in [3.63, 3.8) is 0 Å². The lowest BCUT2D eigenvalue weighted by Gasteiger charge is -2.04. The first-order chi connectivity index (χ1) is 16.8. The highest BCUT2D eigenvalue weighted by Crippen LogP contribution is 2.16. The Labute approximate surface area is 217 Å². The first-order valence-electron chi connectivity index (χ1n) is 16.3. The number of carbonyl (C=O) groups is 1. The molecule has 0 unspecified atom stereocenters. The van der Waals surface area contributed by atoms with Crippen molar-refractivity contribution in [1.29, 1.82) is 0 Å². The molecule has 204 valence electrons. The van der Waals surface area contributed by atoms with Crippen LogP contribution in [0.1, 0.15) is 206 Å². The smallest absolute Gasteiger partial charge is 0.132 e. The maximum Gasteiger partial charge on any atom is 0.132 e. The molecule has 0 rings (SSSR count). The van der Waals surface area contributed by atoms with Crippen molar-refractivity contribution in [3.05, 3.63) is 0 Å². The summed E-state index contributed by atoms with van der Waals surface area (Å²) in [4.78, 5) is 11.7. The number of ketones is 1. The molecule has 0 saturated heterocycles. The van der Waals surface area contributed by atoms with Crippen LogP contribution < -0.4 is 0 Å². The molecule has 34 heavy (non-hydrogen) atoms. The number of hydrogen-bond donors (Lipinski definition) is 0. The van der Waals surface area contributed by atoms with E-state index in [1.165, 1.54) is 167 Å². The Kier molecular flexibility index (Phi) is 30.4. The van der Waals surface area contributed by atoms with Gasteiger partial charge in [0.15, 0.2) is 0 Å². The van der Waals surface area contributed by atoms with Gasteiger partial charge in [-0.3, -0.25) is 4.79 Å². The lowest BCUT2D eigenvalue weighted by molar-refractivity contribution is -0.119. The Bertz CT molecular complexity index is 375. The van der Waals surface area contributed by atoms with Gasteiger partial charge in [0.1, 0.15) is 5.78 Å². The van der Waals surface area contributed by atoms with Crippen LogP contribution in [0.25, 0.3) is 0 Å². The molecule has 0 N–H and O–H groups in total. The largest absolute Gasteiger partial charge is 0.300 e. The Morgan fingerprint density at radius 3 is 0.735 bits per heavy atom. The van der Waals surface area contributed by atoms with Crippen molar-refractivity contribution in [2.75, 3.05) is 0 Å². The fraction of sp³-hybridized carbons (Fsp3) is 0.970. The van der Waals surface area contributed by atoms with Crippen LogP contribution in [0.3, 0.4) is 0 Å². The highest BCUT2D eigenvalue weighted by molar-refractivity contribution is 5.78. The second-order valence-electron chi connectivity index (χ2n) is 11.2. The summed E-state index contributed by atoms with van der Waals surface area (Å²) in [5.74, 6) is 0.502. The molecule has 0 aromatic rings. The molecule has 1 heteroatoms. The summed E-state index contributed by atoms with van der Waals surface area (Å²) in [6.45, 7) is 4.50. The molecule has 0 amide bonds. The van der Waals surface area contributed by atoms with Gasteiger partial charge in [-0.1, -0.05) is 181 Å². The van der Waals surface area contributed by atoms with E-state index in [4.69, 9.17) is 0 Å². The Hall–Kier alpha value is -0.330. The molecule has 0 heterocycles. The molecule has 0 saturated carbocycles. The zero-order chi connectivity index (χ0) is 24.8. The van der Waals surface area contributed by atoms with Crippen molar-refractivity contribution in [2.24, 2.45) is 0 Å². The van der Waals surface area contributed by atoms with E-state index in [1.807, 2.05) is 0 Å². The highest BCUT2D eigenvalue weighted by atomic mass is 16.1. The Morgan fingerprint density at radius 1 is 0.294 bits per heavy atom. The van der Waals surface area contributed by atoms with Crippen molar-refractivity contribution in [3.8, 4) is 0 Å². The lowest BCUT2D eigenvalue weighted by Crippen LogP contribution is -1.97. The average Bonchev–Trinajstić information content (AvgIpc) is 2.84. The van der Waals surface area contributed by atoms with E-state index in [-0.39, 0.29) is 0 Å². The summed E-state index contributed by atoms with van der Waals surface area (Å²) < 4.78 is 0. The summed E-state index contributed by atoms with van der Waals surface area (Å²) in [7, 11) is 0. The second-order valence-corrected chi connectivity index (χ2v) is 11.2. The van der Waals surface area contributed by atoms with Crippen molar-refractivity contribution < 1.29 is 4.79 Å². The molecule has 0 aromatic carbocycles. The molecule has 1 nitrogen and oxygen atoms in total. The minimum Gasteiger partial charge on any atom is -0.300 e. The van der Waals surface area contributed by atoms with Gasteiger partial charge in [-0.25, -0.2) is 0 Å². The monoisotopic (exact) mass is 479 g/mol. The standard InChI is InChI=1S/C33H66O/c1-3-5-7-8-9-10-11-12-13-14-15-16-17-18-19-20-21-22-23-24-25-26-27-28-30-32-33(34)31-29-6-4-2/h3-32H2,1-2H3. The molecule has 0 aliphatic heterocycles. The van der Waals surface area contributed by atoms with E-state index in [9.17, 15) is 4.79 Å². The topological polar surface area (TPSA) is 17.1 Å². The molecular weight excluding hydrogens is 412 g/mol. The molecule has 0 aromatic heterocycles. The van der Waals surface area contributed by atoms with E-state index < -0.39 is 0 Å². The van der Waals surface area contributed by atoms with Gasteiger partial charge in [-0.05, 0) is 12.8 Å². The number of rotatable bonds is 30. The minimum absolute atomic E-state index is 0.502. The zero-order valence-electron chi connectivity index (χ0n) is 24.1. The summed E-state index contributed by atoms with van der Waals surface area (Å²) >= 11 is 0. The molecule has 0 spiro atoms. The van der Waals surface area contributed by atoms with Crippen LogP contribution in [0, 0.1) is 0 Å². The van der Waals surface area contributed by atoms with E-state index in [1.54, 1.807) is 0 Å². The van der Waals surface area contributed by atoms with Crippen LogP contribution in [0.4, 0.5) is 0 Å². The quantitative estimate of drug-likeness (QED) is 0.0938. The first kappa shape index (κ1) is 33.7. The zero-order valence-corrected chi connectivity index (χ0v) is 24.1. The van der Waals surface area contributed by atoms with Gasteiger partial charge in [0.25, 0.3) is 0 Å². The molecule has 0 atom stereocenters.